The van der Waals surface area contributed by atoms with E-state index < -0.39 is 0 Å². The number of pyridine rings is 1. The number of hydrogen-bond acceptors (Lipinski definition) is 3. The summed E-state index contributed by atoms with van der Waals surface area (Å²) in [5.41, 5.74) is 5.47. The van der Waals surface area contributed by atoms with E-state index in [1.807, 2.05) is 19.9 Å². The highest BCUT2D eigenvalue weighted by atomic mass is 79.9. The van der Waals surface area contributed by atoms with Crippen molar-refractivity contribution in [1.82, 2.24) is 4.98 Å². The van der Waals surface area contributed by atoms with Gasteiger partial charge in [-0.3, -0.25) is 0 Å². The molecule has 0 fully saturated rings. The Morgan fingerprint density at radius 3 is 2.64 bits per heavy atom. The number of nitrogens with one attached hydrogen (secondary N) is 1. The van der Waals surface area contributed by atoms with Crippen molar-refractivity contribution < 1.29 is 0 Å². The van der Waals surface area contributed by atoms with Crippen LogP contribution in [0, 0.1) is 0 Å². The van der Waals surface area contributed by atoms with E-state index in [-0.39, 0.29) is 5.54 Å². The SMILES string of the molecule is CC(C)(CN)Nc1ncc(Br)cc1Br. The van der Waals surface area contributed by atoms with E-state index in [0.29, 0.717) is 6.54 Å². The summed E-state index contributed by atoms with van der Waals surface area (Å²) >= 11 is 6.78. The molecular weight excluding hydrogens is 310 g/mol. The number of nitrogens with zero attached hydrogens (tertiary/aromatic N) is 1. The lowest BCUT2D eigenvalue weighted by Gasteiger charge is -2.25. The lowest BCUT2D eigenvalue weighted by molar-refractivity contribution is 0.577. The lowest BCUT2D eigenvalue weighted by atomic mass is 10.1. The normalized spacial score (nSPS) is 11.5. The Morgan fingerprint density at radius 2 is 2.14 bits per heavy atom. The third kappa shape index (κ3) is 3.22. The van der Waals surface area contributed by atoms with E-state index in [0.717, 1.165) is 14.8 Å². The van der Waals surface area contributed by atoms with Gasteiger partial charge in [-0.1, -0.05) is 0 Å². The monoisotopic (exact) mass is 321 g/mol. The summed E-state index contributed by atoms with van der Waals surface area (Å²) in [6.07, 6.45) is 1.75. The first-order valence-electron chi connectivity index (χ1n) is 4.24. The van der Waals surface area contributed by atoms with Crippen LogP contribution < -0.4 is 11.1 Å². The van der Waals surface area contributed by atoms with Gasteiger partial charge in [0.25, 0.3) is 0 Å². The summed E-state index contributed by atoms with van der Waals surface area (Å²) in [5.74, 6) is 0.809. The maximum atomic E-state index is 5.62. The van der Waals surface area contributed by atoms with Crippen molar-refractivity contribution in [1.29, 1.82) is 0 Å². The quantitative estimate of drug-likeness (QED) is 0.899. The molecule has 0 bridgehead atoms. The van der Waals surface area contributed by atoms with Crippen LogP contribution in [0.25, 0.3) is 0 Å². The fraction of sp³-hybridized carbons (Fsp3) is 0.444. The van der Waals surface area contributed by atoms with E-state index >= 15 is 0 Å². The standard InChI is InChI=1S/C9H13Br2N3/c1-9(2,5-12)14-8-7(11)3-6(10)4-13-8/h3-4H,5,12H2,1-2H3,(H,13,14). The van der Waals surface area contributed by atoms with Gasteiger partial charge in [0.1, 0.15) is 5.82 Å². The first-order valence-corrected chi connectivity index (χ1v) is 5.82. The highest BCUT2D eigenvalue weighted by molar-refractivity contribution is 9.11. The summed E-state index contributed by atoms with van der Waals surface area (Å²) in [7, 11) is 0. The van der Waals surface area contributed by atoms with Gasteiger partial charge in [0.15, 0.2) is 0 Å². The molecule has 0 unspecified atom stereocenters. The molecule has 1 heterocycles. The summed E-state index contributed by atoms with van der Waals surface area (Å²) in [6.45, 7) is 4.61. The Bertz CT molecular complexity index is 326. The Morgan fingerprint density at radius 1 is 1.50 bits per heavy atom. The van der Waals surface area contributed by atoms with Gasteiger partial charge in [-0.25, -0.2) is 4.98 Å². The average Bonchev–Trinajstić information content (AvgIpc) is 2.10. The summed E-state index contributed by atoms with van der Waals surface area (Å²) < 4.78 is 1.87. The minimum absolute atomic E-state index is 0.149. The Hall–Kier alpha value is -0.130. The first-order chi connectivity index (χ1) is 6.44. The van der Waals surface area contributed by atoms with Crippen LogP contribution in [0.2, 0.25) is 0 Å². The molecule has 0 radical (unpaired) electrons. The van der Waals surface area contributed by atoms with Crippen LogP contribution in [-0.4, -0.2) is 17.1 Å². The van der Waals surface area contributed by atoms with Crippen molar-refractivity contribution in [2.75, 3.05) is 11.9 Å². The number of hydrogen-bond donors (Lipinski definition) is 2. The van der Waals surface area contributed by atoms with Crippen LogP contribution in [0.3, 0.4) is 0 Å². The molecule has 0 aliphatic heterocycles. The third-order valence-electron chi connectivity index (χ3n) is 1.77. The summed E-state index contributed by atoms with van der Waals surface area (Å²) in [4.78, 5) is 4.25. The fourth-order valence-corrected chi connectivity index (χ4v) is 1.96. The molecule has 5 heteroatoms. The number of anilines is 1. The molecule has 3 nitrogen and oxygen atoms in total. The second-order valence-electron chi connectivity index (χ2n) is 3.70. The largest absolute Gasteiger partial charge is 0.363 e. The number of aromatic nitrogens is 1. The zero-order valence-corrected chi connectivity index (χ0v) is 11.3. The Balaban J connectivity index is 2.87. The highest BCUT2D eigenvalue weighted by Crippen LogP contribution is 2.25. The zero-order chi connectivity index (χ0) is 10.8. The highest BCUT2D eigenvalue weighted by Gasteiger charge is 2.16. The molecule has 78 valence electrons. The molecule has 0 amide bonds. The van der Waals surface area contributed by atoms with Crippen LogP contribution in [0.1, 0.15) is 13.8 Å². The molecule has 1 aromatic rings. The number of rotatable bonds is 3. The van der Waals surface area contributed by atoms with E-state index in [2.05, 4.69) is 42.2 Å². The van der Waals surface area contributed by atoms with Crippen LogP contribution in [-0.2, 0) is 0 Å². The summed E-state index contributed by atoms with van der Waals surface area (Å²) in [6, 6.07) is 1.95. The topological polar surface area (TPSA) is 50.9 Å². The maximum Gasteiger partial charge on any atom is 0.140 e. The van der Waals surface area contributed by atoms with E-state index in [1.165, 1.54) is 0 Å². The van der Waals surface area contributed by atoms with E-state index in [9.17, 15) is 0 Å². The molecule has 0 saturated carbocycles. The van der Waals surface area contributed by atoms with Gasteiger partial charge in [0, 0.05) is 22.8 Å². The van der Waals surface area contributed by atoms with Crippen molar-refractivity contribution in [3.8, 4) is 0 Å². The lowest BCUT2D eigenvalue weighted by Crippen LogP contribution is -2.39. The van der Waals surface area contributed by atoms with Crippen molar-refractivity contribution in [2.45, 2.75) is 19.4 Å². The van der Waals surface area contributed by atoms with E-state index in [1.54, 1.807) is 6.20 Å². The molecular formula is C9H13Br2N3. The Kier molecular flexibility index (Phi) is 3.92. The minimum Gasteiger partial charge on any atom is -0.363 e. The molecule has 1 aromatic heterocycles. The van der Waals surface area contributed by atoms with Gasteiger partial charge in [-0.2, -0.15) is 0 Å². The van der Waals surface area contributed by atoms with Crippen molar-refractivity contribution in [2.24, 2.45) is 5.73 Å². The second-order valence-corrected chi connectivity index (χ2v) is 5.47. The molecule has 3 N–H and O–H groups in total. The predicted molar refractivity (Wildman–Crippen MR) is 66.4 cm³/mol. The molecule has 0 saturated heterocycles. The first kappa shape index (κ1) is 11.9. The fourth-order valence-electron chi connectivity index (χ4n) is 0.878. The van der Waals surface area contributed by atoms with Gasteiger partial charge in [0.2, 0.25) is 0 Å². The number of nitrogens with two attached hydrogens (primary N) is 1. The molecule has 14 heavy (non-hydrogen) atoms. The van der Waals surface area contributed by atoms with Gasteiger partial charge in [-0.15, -0.1) is 0 Å². The number of halogens is 2. The van der Waals surface area contributed by atoms with Crippen molar-refractivity contribution in [3.63, 3.8) is 0 Å². The van der Waals surface area contributed by atoms with E-state index in [4.69, 9.17) is 5.73 Å². The van der Waals surface area contributed by atoms with Crippen LogP contribution in [0.5, 0.6) is 0 Å². The Labute approximate surface area is 101 Å². The second kappa shape index (κ2) is 4.59. The molecule has 1 rings (SSSR count). The van der Waals surface area contributed by atoms with Crippen LogP contribution in [0.4, 0.5) is 5.82 Å². The maximum absolute atomic E-state index is 5.62. The average molecular weight is 323 g/mol. The molecule has 0 aliphatic carbocycles. The van der Waals surface area contributed by atoms with Crippen LogP contribution in [0.15, 0.2) is 21.2 Å². The van der Waals surface area contributed by atoms with Gasteiger partial charge in [0.05, 0.1) is 4.47 Å². The predicted octanol–water partition coefficient (Wildman–Crippen LogP) is 2.76. The molecule has 0 atom stereocenters. The third-order valence-corrected chi connectivity index (χ3v) is 2.81. The van der Waals surface area contributed by atoms with Crippen LogP contribution >= 0.6 is 31.9 Å². The van der Waals surface area contributed by atoms with Gasteiger partial charge >= 0.3 is 0 Å². The molecule has 0 aromatic carbocycles. The zero-order valence-electron chi connectivity index (χ0n) is 8.14. The van der Waals surface area contributed by atoms with Gasteiger partial charge in [-0.05, 0) is 51.8 Å². The van der Waals surface area contributed by atoms with Crippen molar-refractivity contribution >= 4 is 37.7 Å². The smallest absolute Gasteiger partial charge is 0.140 e. The van der Waals surface area contributed by atoms with Crippen molar-refractivity contribution in [3.05, 3.63) is 21.2 Å². The summed E-state index contributed by atoms with van der Waals surface area (Å²) in [5, 5.41) is 3.26. The minimum atomic E-state index is -0.149. The van der Waals surface area contributed by atoms with Gasteiger partial charge < -0.3 is 11.1 Å². The molecule has 0 spiro atoms. The molecule has 0 aliphatic rings.